The summed E-state index contributed by atoms with van der Waals surface area (Å²) in [6.07, 6.45) is -2.12. The maximum atomic E-state index is 14.5. The summed E-state index contributed by atoms with van der Waals surface area (Å²) < 4.78 is 60.7. The van der Waals surface area contributed by atoms with E-state index in [1.807, 2.05) is 6.07 Å². The van der Waals surface area contributed by atoms with Crippen LogP contribution in [0.1, 0.15) is 5.56 Å². The van der Waals surface area contributed by atoms with E-state index >= 15 is 0 Å². The molecule has 0 aliphatic carbocycles. The Labute approximate surface area is 172 Å². The predicted molar refractivity (Wildman–Crippen MR) is 104 cm³/mol. The molecular formula is C21H14F4N4O2. The molecule has 2 aromatic carbocycles. The second kappa shape index (κ2) is 7.71. The minimum atomic E-state index is -4.69. The largest absolute Gasteiger partial charge is 0.491 e. The zero-order valence-corrected chi connectivity index (χ0v) is 16.0. The fraction of sp³-hybridized carbons (Fsp3) is 0.0952. The van der Waals surface area contributed by atoms with Gasteiger partial charge in [0.15, 0.2) is 11.4 Å². The Bertz CT molecular complexity index is 1300. The van der Waals surface area contributed by atoms with Crippen molar-refractivity contribution in [1.82, 2.24) is 19.6 Å². The lowest BCUT2D eigenvalue weighted by molar-refractivity contribution is -0.137. The number of benzene rings is 2. The summed E-state index contributed by atoms with van der Waals surface area (Å²) in [5.74, 6) is -1.32. The molecule has 2 heterocycles. The maximum absolute atomic E-state index is 14.5. The normalized spacial score (nSPS) is 11.5. The van der Waals surface area contributed by atoms with E-state index < -0.39 is 23.0 Å². The average molecular weight is 430 g/mol. The summed E-state index contributed by atoms with van der Waals surface area (Å²) in [5.41, 5.74) is -1.15. The summed E-state index contributed by atoms with van der Waals surface area (Å²) in [7, 11) is 1.25. The minimum absolute atomic E-state index is 0.111. The number of aromatic nitrogens is 4. The van der Waals surface area contributed by atoms with Crippen molar-refractivity contribution in [2.24, 2.45) is 0 Å². The molecule has 0 saturated carbocycles. The van der Waals surface area contributed by atoms with Crippen LogP contribution >= 0.6 is 0 Å². The van der Waals surface area contributed by atoms with Crippen molar-refractivity contribution < 1.29 is 22.3 Å². The summed E-state index contributed by atoms with van der Waals surface area (Å²) in [4.78, 5) is 12.9. The Hall–Kier alpha value is -3.95. The third kappa shape index (κ3) is 3.79. The van der Waals surface area contributed by atoms with Gasteiger partial charge in [-0.05, 0) is 36.4 Å². The van der Waals surface area contributed by atoms with Gasteiger partial charge in [0.05, 0.1) is 36.4 Å². The van der Waals surface area contributed by atoms with Crippen molar-refractivity contribution in [3.8, 4) is 28.5 Å². The number of ether oxygens (including phenoxy) is 1. The average Bonchev–Trinajstić information content (AvgIpc) is 3.23. The zero-order chi connectivity index (χ0) is 22.2. The molecule has 31 heavy (non-hydrogen) atoms. The zero-order valence-electron chi connectivity index (χ0n) is 16.0. The lowest BCUT2D eigenvalue weighted by Gasteiger charge is -2.13. The van der Waals surface area contributed by atoms with Gasteiger partial charge in [0.2, 0.25) is 0 Å². The van der Waals surface area contributed by atoms with Gasteiger partial charge >= 0.3 is 6.18 Å². The molecule has 6 nitrogen and oxygen atoms in total. The number of rotatable bonds is 4. The van der Waals surface area contributed by atoms with E-state index in [1.165, 1.54) is 18.0 Å². The second-order valence-electron chi connectivity index (χ2n) is 6.45. The van der Waals surface area contributed by atoms with Crippen LogP contribution in [-0.4, -0.2) is 26.7 Å². The molecule has 0 spiro atoms. The standard InChI is InChI=1S/C21H14F4N4O2/c1-31-18-12-28(16-8-7-13(11-15(16)22)21(23,24)25)27-19(20(18)30)17-9-10-26-29(17)14-5-3-2-4-6-14/h2-12H,1H3. The molecule has 0 bridgehead atoms. The molecule has 0 unspecified atom stereocenters. The van der Waals surface area contributed by atoms with Crippen LogP contribution in [0.4, 0.5) is 17.6 Å². The molecule has 0 atom stereocenters. The third-order valence-electron chi connectivity index (χ3n) is 4.51. The van der Waals surface area contributed by atoms with E-state index in [-0.39, 0.29) is 17.1 Å². The van der Waals surface area contributed by atoms with Gasteiger partial charge in [-0.15, -0.1) is 0 Å². The highest BCUT2D eigenvalue weighted by Crippen LogP contribution is 2.31. The Morgan fingerprint density at radius 1 is 1.03 bits per heavy atom. The smallest absolute Gasteiger partial charge is 0.416 e. The number of halogens is 4. The highest BCUT2D eigenvalue weighted by atomic mass is 19.4. The lowest BCUT2D eigenvalue weighted by atomic mass is 10.2. The molecule has 10 heteroatoms. The van der Waals surface area contributed by atoms with E-state index in [2.05, 4.69) is 10.2 Å². The molecular weight excluding hydrogens is 416 g/mol. The highest BCUT2D eigenvalue weighted by molar-refractivity contribution is 5.59. The molecule has 2 aromatic heterocycles. The fourth-order valence-corrected chi connectivity index (χ4v) is 3.03. The van der Waals surface area contributed by atoms with E-state index in [9.17, 15) is 22.4 Å². The topological polar surface area (TPSA) is 61.9 Å². The molecule has 158 valence electrons. The Balaban J connectivity index is 1.90. The SMILES string of the molecule is COc1cn(-c2ccc(C(F)(F)F)cc2F)nc(-c2ccnn2-c2ccccc2)c1=O. The van der Waals surface area contributed by atoms with Crippen molar-refractivity contribution in [1.29, 1.82) is 0 Å². The molecule has 0 aliphatic heterocycles. The molecule has 4 rings (SSSR count). The number of methoxy groups -OCH3 is 1. The fourth-order valence-electron chi connectivity index (χ4n) is 3.03. The van der Waals surface area contributed by atoms with Crippen molar-refractivity contribution in [2.45, 2.75) is 6.18 Å². The van der Waals surface area contributed by atoms with E-state index in [0.717, 1.165) is 23.0 Å². The molecule has 4 aromatic rings. The first kappa shape index (κ1) is 20.3. The van der Waals surface area contributed by atoms with E-state index in [4.69, 9.17) is 4.74 Å². The van der Waals surface area contributed by atoms with Crippen molar-refractivity contribution >= 4 is 0 Å². The first-order chi connectivity index (χ1) is 14.8. The van der Waals surface area contributed by atoms with Gasteiger partial charge < -0.3 is 4.74 Å². The van der Waals surface area contributed by atoms with Crippen molar-refractivity contribution in [3.05, 3.63) is 88.6 Å². The van der Waals surface area contributed by atoms with Gasteiger partial charge in [-0.3, -0.25) is 4.79 Å². The van der Waals surface area contributed by atoms with Crippen LogP contribution in [0.5, 0.6) is 5.75 Å². The third-order valence-corrected chi connectivity index (χ3v) is 4.51. The summed E-state index contributed by atoms with van der Waals surface area (Å²) >= 11 is 0. The number of alkyl halides is 3. The van der Waals surface area contributed by atoms with Gasteiger partial charge in [-0.2, -0.15) is 23.4 Å². The monoisotopic (exact) mass is 430 g/mol. The van der Waals surface area contributed by atoms with Gasteiger partial charge in [-0.25, -0.2) is 13.8 Å². The molecule has 0 N–H and O–H groups in total. The molecule has 0 saturated heterocycles. The van der Waals surface area contributed by atoms with Crippen LogP contribution in [-0.2, 0) is 6.18 Å². The van der Waals surface area contributed by atoms with Crippen LogP contribution in [0, 0.1) is 5.82 Å². The van der Waals surface area contributed by atoms with Crippen molar-refractivity contribution in [2.75, 3.05) is 7.11 Å². The second-order valence-corrected chi connectivity index (χ2v) is 6.45. The van der Waals surface area contributed by atoms with Crippen LogP contribution in [0.2, 0.25) is 0 Å². The number of nitrogens with zero attached hydrogens (tertiary/aromatic N) is 4. The van der Waals surface area contributed by atoms with Gasteiger partial charge in [-0.1, -0.05) is 18.2 Å². The number of para-hydroxylation sites is 1. The Kier molecular flexibility index (Phi) is 5.05. The van der Waals surface area contributed by atoms with Gasteiger partial charge in [0.1, 0.15) is 11.5 Å². The highest BCUT2D eigenvalue weighted by Gasteiger charge is 2.31. The van der Waals surface area contributed by atoms with Crippen LogP contribution < -0.4 is 10.2 Å². The van der Waals surface area contributed by atoms with E-state index in [1.54, 1.807) is 30.3 Å². The molecule has 0 aliphatic rings. The number of hydrogen-bond acceptors (Lipinski definition) is 4. The summed E-state index contributed by atoms with van der Waals surface area (Å²) in [6.45, 7) is 0. The maximum Gasteiger partial charge on any atom is 0.416 e. The predicted octanol–water partition coefficient (Wildman–Crippen LogP) is 4.25. The number of hydrogen-bond donors (Lipinski definition) is 0. The first-order valence-corrected chi connectivity index (χ1v) is 8.94. The first-order valence-electron chi connectivity index (χ1n) is 8.94. The van der Waals surface area contributed by atoms with E-state index in [0.29, 0.717) is 17.4 Å². The van der Waals surface area contributed by atoms with Crippen LogP contribution in [0.25, 0.3) is 22.8 Å². The van der Waals surface area contributed by atoms with Crippen LogP contribution in [0.3, 0.4) is 0 Å². The van der Waals surface area contributed by atoms with Crippen molar-refractivity contribution in [3.63, 3.8) is 0 Å². The Morgan fingerprint density at radius 2 is 1.77 bits per heavy atom. The molecule has 0 amide bonds. The molecule has 0 radical (unpaired) electrons. The van der Waals surface area contributed by atoms with Crippen LogP contribution in [0.15, 0.2) is 71.8 Å². The minimum Gasteiger partial charge on any atom is -0.491 e. The Morgan fingerprint density at radius 3 is 2.42 bits per heavy atom. The summed E-state index contributed by atoms with van der Waals surface area (Å²) in [5, 5.41) is 8.38. The summed E-state index contributed by atoms with van der Waals surface area (Å²) in [6, 6.07) is 12.5. The molecule has 0 fully saturated rings. The lowest BCUT2D eigenvalue weighted by Crippen LogP contribution is -2.18. The quantitative estimate of drug-likeness (QED) is 0.454. The van der Waals surface area contributed by atoms with Gasteiger partial charge in [0, 0.05) is 0 Å². The van der Waals surface area contributed by atoms with Gasteiger partial charge in [0.25, 0.3) is 5.43 Å².